The maximum atomic E-state index is 13.0. The summed E-state index contributed by atoms with van der Waals surface area (Å²) in [5.41, 5.74) is 2.38. The van der Waals surface area contributed by atoms with E-state index in [0.29, 0.717) is 0 Å². The van der Waals surface area contributed by atoms with Crippen molar-refractivity contribution in [2.75, 3.05) is 13.1 Å². The first-order valence-electron chi connectivity index (χ1n) is 6.06. The van der Waals surface area contributed by atoms with Crippen molar-refractivity contribution in [3.8, 4) is 0 Å². The van der Waals surface area contributed by atoms with Gasteiger partial charge in [0.05, 0.1) is 5.01 Å². The van der Waals surface area contributed by atoms with Gasteiger partial charge in [-0.1, -0.05) is 12.1 Å². The van der Waals surface area contributed by atoms with E-state index in [-0.39, 0.29) is 11.2 Å². The Labute approximate surface area is 110 Å². The van der Waals surface area contributed by atoms with E-state index in [1.54, 1.807) is 23.5 Å². The molecule has 0 amide bonds. The van der Waals surface area contributed by atoms with E-state index < -0.39 is 0 Å². The van der Waals surface area contributed by atoms with E-state index in [1.807, 2.05) is 19.1 Å². The van der Waals surface area contributed by atoms with Crippen molar-refractivity contribution < 1.29 is 4.39 Å². The first-order valence-corrected chi connectivity index (χ1v) is 6.94. The predicted octanol–water partition coefficient (Wildman–Crippen LogP) is 2.67. The number of hydrogen-bond donors (Lipinski definition) is 1. The van der Waals surface area contributed by atoms with Crippen LogP contribution in [-0.2, 0) is 11.8 Å². The summed E-state index contributed by atoms with van der Waals surface area (Å²) in [7, 11) is 0. The molecule has 0 atom stereocenters. The van der Waals surface area contributed by atoms with E-state index in [9.17, 15) is 4.39 Å². The van der Waals surface area contributed by atoms with Crippen LogP contribution < -0.4 is 5.32 Å². The Balaban J connectivity index is 1.88. The SMILES string of the molecule is Cc1csc(CC2(c3ccc(F)cc3)CNC2)n1. The highest BCUT2D eigenvalue weighted by molar-refractivity contribution is 7.09. The van der Waals surface area contributed by atoms with Crippen molar-refractivity contribution in [1.29, 1.82) is 0 Å². The van der Waals surface area contributed by atoms with Gasteiger partial charge in [-0.25, -0.2) is 9.37 Å². The van der Waals surface area contributed by atoms with Gasteiger partial charge in [-0.05, 0) is 24.6 Å². The standard InChI is InChI=1S/C14H15FN2S/c1-10-7-18-13(17-10)6-14(8-16-9-14)11-2-4-12(15)5-3-11/h2-5,7,16H,6,8-9H2,1H3. The van der Waals surface area contributed by atoms with Gasteiger partial charge in [-0.15, -0.1) is 11.3 Å². The number of thiazole rings is 1. The smallest absolute Gasteiger partial charge is 0.123 e. The number of halogens is 1. The summed E-state index contributed by atoms with van der Waals surface area (Å²) in [6.07, 6.45) is 0.935. The van der Waals surface area contributed by atoms with Crippen LogP contribution in [0.3, 0.4) is 0 Å². The number of aromatic nitrogens is 1. The minimum atomic E-state index is -0.175. The van der Waals surface area contributed by atoms with Gasteiger partial charge in [0, 0.05) is 36.0 Å². The quantitative estimate of drug-likeness (QED) is 0.920. The van der Waals surface area contributed by atoms with Gasteiger partial charge in [0.1, 0.15) is 5.82 Å². The van der Waals surface area contributed by atoms with Crippen LogP contribution in [0, 0.1) is 12.7 Å². The fourth-order valence-electron chi connectivity index (χ4n) is 2.43. The van der Waals surface area contributed by atoms with Gasteiger partial charge in [-0.3, -0.25) is 0 Å². The largest absolute Gasteiger partial charge is 0.315 e. The molecule has 1 fully saturated rings. The zero-order chi connectivity index (χ0) is 12.6. The lowest BCUT2D eigenvalue weighted by Crippen LogP contribution is -2.58. The van der Waals surface area contributed by atoms with Crippen molar-refractivity contribution in [3.63, 3.8) is 0 Å². The second-order valence-corrected chi connectivity index (χ2v) is 5.89. The second-order valence-electron chi connectivity index (χ2n) is 4.95. The van der Waals surface area contributed by atoms with Crippen LogP contribution in [0.5, 0.6) is 0 Å². The number of aryl methyl sites for hydroxylation is 1. The summed E-state index contributed by atoms with van der Waals surface area (Å²) in [5, 5.41) is 6.57. The lowest BCUT2D eigenvalue weighted by Gasteiger charge is -2.43. The van der Waals surface area contributed by atoms with E-state index in [2.05, 4.69) is 15.7 Å². The highest BCUT2D eigenvalue weighted by Gasteiger charge is 2.39. The first kappa shape index (κ1) is 11.8. The van der Waals surface area contributed by atoms with Gasteiger partial charge in [-0.2, -0.15) is 0 Å². The van der Waals surface area contributed by atoms with Crippen LogP contribution >= 0.6 is 11.3 Å². The van der Waals surface area contributed by atoms with Crippen molar-refractivity contribution in [3.05, 3.63) is 51.7 Å². The van der Waals surface area contributed by atoms with Crippen LogP contribution in [0.25, 0.3) is 0 Å². The Morgan fingerprint density at radius 3 is 2.56 bits per heavy atom. The first-order chi connectivity index (χ1) is 8.68. The molecule has 3 rings (SSSR count). The van der Waals surface area contributed by atoms with Crippen LogP contribution in [0.2, 0.25) is 0 Å². The average Bonchev–Trinajstić information content (AvgIpc) is 2.71. The Hall–Kier alpha value is -1.26. The summed E-state index contributed by atoms with van der Waals surface area (Å²) in [4.78, 5) is 4.54. The van der Waals surface area contributed by atoms with E-state index >= 15 is 0 Å². The lowest BCUT2D eigenvalue weighted by atomic mass is 9.73. The van der Waals surface area contributed by atoms with E-state index in [4.69, 9.17) is 0 Å². The molecule has 0 aliphatic carbocycles. The van der Waals surface area contributed by atoms with Gasteiger partial charge in [0.25, 0.3) is 0 Å². The number of hydrogen-bond acceptors (Lipinski definition) is 3. The third-order valence-corrected chi connectivity index (χ3v) is 4.51. The van der Waals surface area contributed by atoms with Gasteiger partial charge < -0.3 is 5.32 Å². The molecule has 1 aliphatic heterocycles. The monoisotopic (exact) mass is 262 g/mol. The third kappa shape index (κ3) is 2.06. The maximum Gasteiger partial charge on any atom is 0.123 e. The normalized spacial score (nSPS) is 17.4. The fourth-order valence-corrected chi connectivity index (χ4v) is 3.35. The number of benzene rings is 1. The predicted molar refractivity (Wildman–Crippen MR) is 71.5 cm³/mol. The molecule has 1 N–H and O–H groups in total. The molecule has 2 nitrogen and oxygen atoms in total. The molecule has 0 radical (unpaired) electrons. The Kier molecular flexibility index (Phi) is 2.92. The van der Waals surface area contributed by atoms with E-state index in [1.165, 1.54) is 10.6 Å². The third-order valence-electron chi connectivity index (χ3n) is 3.54. The molecule has 1 saturated heterocycles. The van der Waals surface area contributed by atoms with Crippen molar-refractivity contribution >= 4 is 11.3 Å². The molecule has 2 aromatic rings. The molecule has 0 bridgehead atoms. The summed E-state index contributed by atoms with van der Waals surface area (Å²) in [6, 6.07) is 6.89. The van der Waals surface area contributed by atoms with Crippen LogP contribution in [0.15, 0.2) is 29.6 Å². The Bertz CT molecular complexity index is 543. The molecular formula is C14H15FN2S. The molecule has 1 aromatic carbocycles. The Morgan fingerprint density at radius 1 is 1.33 bits per heavy atom. The number of rotatable bonds is 3. The van der Waals surface area contributed by atoms with Crippen molar-refractivity contribution in [2.24, 2.45) is 0 Å². The molecule has 2 heterocycles. The van der Waals surface area contributed by atoms with Crippen LogP contribution in [0.4, 0.5) is 4.39 Å². The molecule has 1 aromatic heterocycles. The maximum absolute atomic E-state index is 13.0. The van der Waals surface area contributed by atoms with Crippen LogP contribution in [0.1, 0.15) is 16.3 Å². The summed E-state index contributed by atoms with van der Waals surface area (Å²) in [5.74, 6) is -0.175. The summed E-state index contributed by atoms with van der Waals surface area (Å²) < 4.78 is 13.0. The second kappa shape index (κ2) is 4.44. The van der Waals surface area contributed by atoms with Gasteiger partial charge in [0.2, 0.25) is 0 Å². The molecular weight excluding hydrogens is 247 g/mol. The molecule has 0 saturated carbocycles. The highest BCUT2D eigenvalue weighted by atomic mass is 32.1. The topological polar surface area (TPSA) is 24.9 Å². The molecule has 0 spiro atoms. The van der Waals surface area contributed by atoms with E-state index in [0.717, 1.165) is 25.2 Å². The highest BCUT2D eigenvalue weighted by Crippen LogP contribution is 2.33. The molecule has 0 unspecified atom stereocenters. The number of nitrogens with zero attached hydrogens (tertiary/aromatic N) is 1. The molecule has 94 valence electrons. The molecule has 1 aliphatic rings. The molecule has 4 heteroatoms. The zero-order valence-electron chi connectivity index (χ0n) is 10.2. The average molecular weight is 262 g/mol. The fraction of sp³-hybridized carbons (Fsp3) is 0.357. The van der Waals surface area contributed by atoms with Crippen molar-refractivity contribution in [1.82, 2.24) is 10.3 Å². The molecule has 18 heavy (non-hydrogen) atoms. The number of nitrogens with one attached hydrogen (secondary N) is 1. The summed E-state index contributed by atoms with van der Waals surface area (Å²) >= 11 is 1.71. The zero-order valence-corrected chi connectivity index (χ0v) is 11.1. The van der Waals surface area contributed by atoms with Crippen LogP contribution in [-0.4, -0.2) is 18.1 Å². The van der Waals surface area contributed by atoms with Crippen molar-refractivity contribution in [2.45, 2.75) is 18.8 Å². The minimum Gasteiger partial charge on any atom is -0.315 e. The summed E-state index contributed by atoms with van der Waals surface area (Å²) in [6.45, 7) is 3.90. The lowest BCUT2D eigenvalue weighted by molar-refractivity contribution is 0.274. The Morgan fingerprint density at radius 2 is 2.06 bits per heavy atom. The van der Waals surface area contributed by atoms with Gasteiger partial charge >= 0.3 is 0 Å². The minimum absolute atomic E-state index is 0.0952. The van der Waals surface area contributed by atoms with Gasteiger partial charge in [0.15, 0.2) is 0 Å².